The van der Waals surface area contributed by atoms with Crippen LogP contribution in [0.15, 0.2) is 245 Å². The molecule has 136 heavy (non-hydrogen) atoms. The number of anilines is 1. The highest BCUT2D eigenvalue weighted by atomic mass is 32.1. The smallest absolute Gasteiger partial charge is 0.356 e. The Labute approximate surface area is 780 Å². The lowest BCUT2D eigenvalue weighted by molar-refractivity contribution is -0.138. The largest absolute Gasteiger partial charge is 0.417 e. The first-order chi connectivity index (χ1) is 64.4. The fourth-order valence-corrected chi connectivity index (χ4v) is 19.1. The van der Waals surface area contributed by atoms with E-state index in [9.17, 15) is 91.0 Å². The van der Waals surface area contributed by atoms with Gasteiger partial charge in [-0.25, -0.2) is 24.2 Å². The molecule has 5 aromatic heterocycles. The lowest BCUT2D eigenvalue weighted by atomic mass is 9.81. The van der Waals surface area contributed by atoms with Gasteiger partial charge in [0.15, 0.2) is 0 Å². The molecule has 0 spiro atoms. The second-order valence-electron chi connectivity index (χ2n) is 35.6. The maximum atomic E-state index is 13.9. The van der Waals surface area contributed by atoms with E-state index in [0.717, 1.165) is 103 Å². The van der Waals surface area contributed by atoms with Crippen LogP contribution in [0.1, 0.15) is 266 Å². The van der Waals surface area contributed by atoms with Crippen molar-refractivity contribution in [2.45, 2.75) is 203 Å². The molecule has 12 aromatic rings. The number of nitrogens with one attached hydrogen (secondary N) is 8. The van der Waals surface area contributed by atoms with Gasteiger partial charge in [-0.05, 0) is 233 Å². The van der Waals surface area contributed by atoms with Crippen LogP contribution in [0.3, 0.4) is 0 Å². The highest BCUT2D eigenvalue weighted by molar-refractivity contribution is 7.59. The van der Waals surface area contributed by atoms with Crippen molar-refractivity contribution >= 4 is 41.6 Å². The Hall–Kier alpha value is -13.3. The van der Waals surface area contributed by atoms with Gasteiger partial charge in [0.05, 0.1) is 22.3 Å². The molecule has 0 bridgehead atoms. The van der Waals surface area contributed by atoms with E-state index in [4.69, 9.17) is 4.98 Å². The Kier molecular flexibility index (Phi) is 30.7. The molecule has 8 N–H and O–H groups in total. The SMILES string of the molecule is Cc1ccc(C2=CCC(c3[nH]c(=O)[nH]c(=O)c3Cc3cccc(C(F)(F)F)c3)CC2)c(C(F)(F)F)c1.Cc1ccc(C2=CCC(c3[nH]c(=O)[nH]c(=O)c3Cc3ccccc3)CC2)c(N2CCCC2)n1.Cc1ccc(C2=CC[C@@H](c3[nH]c(=O)[nH]c(=O)c3Cc3ccccc3)CC2)c(C(F)(F)F)c1.O=c1[nH]c(C2CC=C(c3ccc(C4CC4)cc3C(F)(F)F)CC2)c(Cc2ccccc2)c(=O)[nH]1.S. The van der Waals surface area contributed by atoms with Crippen molar-refractivity contribution in [3.8, 4) is 0 Å². The standard InChI is InChI=1S/C27H25F3N2O2.C27H30N4O2.C26H22F6N2O2.C25H23F3N2O2.H2S/c28-27(29,30)23-15-20(17-6-7-17)12-13-21(23)18-8-10-19(11-9-18)24-22(25(33)32-26(34)31-24)14-16-4-2-1-3-5-16;1-18-9-14-22(25(28-18)31-15-5-6-16-31)20-10-12-21(13-11-20)24-23(26(32)30-27(33)29-24)17-19-7-3-2-4-8-19;1-14-5-10-19(21(11-14)26(30,31)32)16-6-8-17(9-7-16)22-20(23(35)34-24(36)33-22)13-15-3-2-4-18(12-15)25(27,28)29;1-15-7-12-19(21(13-15)25(26,27)28)17-8-10-18(11-9-17)22-20(23(31)30-24(32)29-22)14-16-5-3-2-4-6-16;/h1-5,8,12-13,15,17,19H,6-7,9-11,14H2,(H2,31,32,33,34);2-4,7-10,14,21H,5-6,11-13,15-17H2,1H3,(H2,29,30,32,33);2-6,10-12,17H,7-9,13H2,1H3,(H2,33,34,35,36);2-8,12-13,18H,9-11,14H2,1H3,(H2,29,30,31,32);1H2/t;;;18-;/m...1./s1. The highest BCUT2D eigenvalue weighted by Crippen LogP contribution is 2.49. The van der Waals surface area contributed by atoms with Gasteiger partial charge in [-0.3, -0.25) is 39.1 Å². The summed E-state index contributed by atoms with van der Waals surface area (Å²) in [6.45, 7) is 7.40. The Balaban J connectivity index is 0.000000145. The molecule has 1 saturated heterocycles. The van der Waals surface area contributed by atoms with Crippen LogP contribution in [0.2, 0.25) is 0 Å². The number of aryl methyl sites for hydroxylation is 3. The summed E-state index contributed by atoms with van der Waals surface area (Å²) >= 11 is 0. The zero-order valence-electron chi connectivity index (χ0n) is 74.8. The summed E-state index contributed by atoms with van der Waals surface area (Å²) in [5.41, 5.74) is 7.97. The van der Waals surface area contributed by atoms with Crippen molar-refractivity contribution in [2.24, 2.45) is 0 Å². The predicted molar refractivity (Wildman–Crippen MR) is 508 cm³/mol. The number of alkyl halides is 12. The van der Waals surface area contributed by atoms with Gasteiger partial charge in [-0.1, -0.05) is 181 Å². The first-order valence-corrected chi connectivity index (χ1v) is 45.2. The van der Waals surface area contributed by atoms with E-state index in [1.165, 1.54) is 60.4 Å². The number of nitrogens with zero attached hydrogens (tertiary/aromatic N) is 2. The van der Waals surface area contributed by atoms with E-state index < -0.39 is 86.4 Å². The van der Waals surface area contributed by atoms with Gasteiger partial charge in [0, 0.05) is 119 Å². The third-order valence-electron chi connectivity index (χ3n) is 26.0. The van der Waals surface area contributed by atoms with Gasteiger partial charge in [0.1, 0.15) is 5.82 Å². The number of pyridine rings is 1. The summed E-state index contributed by atoms with van der Waals surface area (Å²) in [5.74, 6) is 0.799. The minimum absolute atomic E-state index is 0. The van der Waals surface area contributed by atoms with E-state index in [0.29, 0.717) is 120 Å². The van der Waals surface area contributed by atoms with Crippen molar-refractivity contribution in [2.75, 3.05) is 18.0 Å². The Morgan fingerprint density at radius 2 is 0.640 bits per heavy atom. The minimum Gasteiger partial charge on any atom is -0.356 e. The average molecular weight is 1890 g/mol. The summed E-state index contributed by atoms with van der Waals surface area (Å²) in [7, 11) is 0. The first-order valence-electron chi connectivity index (χ1n) is 45.2. The maximum Gasteiger partial charge on any atom is 0.417 e. The third kappa shape index (κ3) is 24.3. The van der Waals surface area contributed by atoms with Crippen molar-refractivity contribution in [3.05, 3.63) is 424 Å². The number of allylic oxidation sites excluding steroid dienone is 8. The Morgan fingerprint density at radius 1 is 0.324 bits per heavy atom. The van der Waals surface area contributed by atoms with Crippen LogP contribution in [-0.2, 0) is 50.4 Å². The van der Waals surface area contributed by atoms with Crippen LogP contribution in [0.25, 0.3) is 22.3 Å². The number of benzene rings is 7. The highest BCUT2D eigenvalue weighted by Gasteiger charge is 2.40. The van der Waals surface area contributed by atoms with Gasteiger partial charge in [-0.15, -0.1) is 0 Å². The maximum absolute atomic E-state index is 13.9. The number of H-pyrrole nitrogens is 8. The molecule has 1 saturated carbocycles. The fraction of sp³-hybridized carbons (Fsp3) is 0.324. The van der Waals surface area contributed by atoms with Gasteiger partial charge in [0.25, 0.3) is 22.2 Å². The number of rotatable bonds is 18. The number of halogens is 12. The molecule has 31 heteroatoms. The van der Waals surface area contributed by atoms with Crippen molar-refractivity contribution in [3.63, 3.8) is 0 Å². The topological polar surface area (TPSA) is 279 Å². The number of aromatic nitrogens is 9. The van der Waals surface area contributed by atoms with E-state index in [1.807, 2.05) is 110 Å². The molecule has 3 unspecified atom stereocenters. The van der Waals surface area contributed by atoms with Crippen LogP contribution < -0.4 is 49.9 Å². The molecular weight excluding hydrogens is 1790 g/mol. The quantitative estimate of drug-likeness (QED) is 0.0376. The van der Waals surface area contributed by atoms with Gasteiger partial charge in [-0.2, -0.15) is 66.2 Å². The predicted octanol–water partition coefficient (Wildman–Crippen LogP) is 22.0. The molecule has 7 aromatic carbocycles. The second kappa shape index (κ2) is 42.3. The third-order valence-corrected chi connectivity index (χ3v) is 26.0. The van der Waals surface area contributed by atoms with Crippen molar-refractivity contribution in [1.82, 2.24) is 44.9 Å². The van der Waals surface area contributed by atoms with Gasteiger partial charge < -0.3 is 24.8 Å². The molecule has 6 aliphatic rings. The van der Waals surface area contributed by atoms with Crippen LogP contribution in [0.4, 0.5) is 58.5 Å². The monoisotopic (exact) mass is 1890 g/mol. The van der Waals surface area contributed by atoms with E-state index in [-0.39, 0.29) is 101 Å². The summed E-state index contributed by atoms with van der Waals surface area (Å²) in [4.78, 5) is 126. The van der Waals surface area contributed by atoms with Crippen molar-refractivity contribution < 1.29 is 52.7 Å². The molecule has 18 rings (SSSR count). The number of aromatic amines is 8. The summed E-state index contributed by atoms with van der Waals surface area (Å²) in [6, 6.07) is 51.0. The second-order valence-corrected chi connectivity index (χ2v) is 35.6. The summed E-state index contributed by atoms with van der Waals surface area (Å²) < 4.78 is 162. The Bertz CT molecular complexity index is 7010. The molecule has 18 nitrogen and oxygen atoms in total. The van der Waals surface area contributed by atoms with Crippen LogP contribution in [0, 0.1) is 20.8 Å². The molecule has 5 aliphatic carbocycles. The minimum atomic E-state index is -4.55. The number of hydrogen-bond acceptors (Lipinski definition) is 10. The van der Waals surface area contributed by atoms with E-state index in [2.05, 4.69) is 63.0 Å². The van der Waals surface area contributed by atoms with Crippen LogP contribution >= 0.6 is 13.5 Å². The Morgan fingerprint density at radius 3 is 0.963 bits per heavy atom. The summed E-state index contributed by atoms with van der Waals surface area (Å²) in [6.07, 6.45) is 1.44. The lowest BCUT2D eigenvalue weighted by Crippen LogP contribution is -2.30. The molecule has 0 radical (unpaired) electrons. The number of hydrogen-bond donors (Lipinski definition) is 8. The zero-order valence-corrected chi connectivity index (χ0v) is 75.8. The van der Waals surface area contributed by atoms with Crippen molar-refractivity contribution in [1.29, 1.82) is 0 Å². The van der Waals surface area contributed by atoms with Crippen LogP contribution in [0.5, 0.6) is 0 Å². The van der Waals surface area contributed by atoms with Gasteiger partial charge in [0.2, 0.25) is 0 Å². The molecule has 0 amide bonds. The lowest BCUT2D eigenvalue weighted by Gasteiger charge is -2.27. The average Bonchev–Trinajstić information content (AvgIpc) is 1.36. The molecule has 710 valence electrons. The molecule has 2 fully saturated rings. The van der Waals surface area contributed by atoms with E-state index in [1.54, 1.807) is 44.2 Å². The molecular formula is C105H102F12N10O8S. The molecule has 1 aliphatic heterocycles. The first kappa shape index (κ1) is 98.7. The zero-order chi connectivity index (χ0) is 95.8. The molecule has 6 heterocycles. The fourth-order valence-electron chi connectivity index (χ4n) is 19.1. The normalized spacial score (nSPS) is 17.4. The summed E-state index contributed by atoms with van der Waals surface area (Å²) in [5, 5.41) is 0. The van der Waals surface area contributed by atoms with E-state index >= 15 is 0 Å². The van der Waals surface area contributed by atoms with Gasteiger partial charge >= 0.3 is 47.5 Å². The molecule has 4 atom stereocenters. The van der Waals surface area contributed by atoms with Crippen LogP contribution in [-0.4, -0.2) is 57.9 Å².